The Bertz CT molecular complexity index is 879. The molecule has 0 unspecified atom stereocenters. The maximum absolute atomic E-state index is 12.5. The van der Waals surface area contributed by atoms with E-state index in [1.807, 2.05) is 19.1 Å². The first-order valence-corrected chi connectivity index (χ1v) is 9.37. The molecule has 0 saturated carbocycles. The summed E-state index contributed by atoms with van der Waals surface area (Å²) < 4.78 is 37.6. The molecule has 0 fully saturated rings. The smallest absolute Gasteiger partial charge is 0.242 e. The second-order valence-electron chi connectivity index (χ2n) is 5.72. The van der Waals surface area contributed by atoms with Crippen LogP contribution in [0.5, 0.6) is 11.5 Å². The monoisotopic (exact) mass is 378 g/mol. The Balaban J connectivity index is 2.12. The molecule has 26 heavy (non-hydrogen) atoms. The quantitative estimate of drug-likeness (QED) is 0.771. The molecule has 0 aliphatic heterocycles. The van der Waals surface area contributed by atoms with Gasteiger partial charge in [0, 0.05) is 11.8 Å². The largest absolute Gasteiger partial charge is 0.493 e. The summed E-state index contributed by atoms with van der Waals surface area (Å²) in [7, 11) is -1.03. The van der Waals surface area contributed by atoms with Crippen LogP contribution in [0.2, 0.25) is 0 Å². The molecule has 140 valence electrons. The number of aryl methyl sites for hydroxylation is 1. The van der Waals surface area contributed by atoms with Gasteiger partial charge >= 0.3 is 0 Å². The first-order chi connectivity index (χ1) is 12.3. The van der Waals surface area contributed by atoms with E-state index in [1.54, 1.807) is 12.1 Å². The number of rotatable bonds is 7. The van der Waals surface area contributed by atoms with E-state index in [2.05, 4.69) is 10.0 Å². The van der Waals surface area contributed by atoms with E-state index in [9.17, 15) is 13.2 Å². The fraction of sp³-hybridized carbons (Fsp3) is 0.278. The normalized spacial score (nSPS) is 12.3. The molecule has 0 radical (unpaired) electrons. The zero-order valence-corrected chi connectivity index (χ0v) is 15.9. The lowest BCUT2D eigenvalue weighted by Gasteiger charge is -2.15. The summed E-state index contributed by atoms with van der Waals surface area (Å²) in [6.07, 6.45) is 0. The van der Waals surface area contributed by atoms with E-state index >= 15 is 0 Å². The summed E-state index contributed by atoms with van der Waals surface area (Å²) in [4.78, 5) is 12.2. The molecule has 7 nitrogen and oxygen atoms in total. The van der Waals surface area contributed by atoms with Gasteiger partial charge in [0.25, 0.3) is 0 Å². The molecule has 0 bridgehead atoms. The summed E-state index contributed by atoms with van der Waals surface area (Å²) in [5.41, 5.74) is 1.66. The van der Waals surface area contributed by atoms with Gasteiger partial charge in [0.05, 0.1) is 25.2 Å². The molecule has 2 aromatic rings. The average Bonchev–Trinajstić information content (AvgIpc) is 2.62. The standard InChI is InChI=1S/C18H22N2O5S/c1-12-5-7-14(8-6-12)19-18(21)13(2)20-26(22,23)15-9-10-16(24-3)17(11-15)25-4/h5-11,13,20H,1-4H3,(H,19,21)/t13-/m1/s1. The molecule has 1 atom stereocenters. The Hall–Kier alpha value is -2.58. The van der Waals surface area contributed by atoms with E-state index in [1.165, 1.54) is 39.3 Å². The average molecular weight is 378 g/mol. The predicted octanol–water partition coefficient (Wildman–Crippen LogP) is 2.32. The van der Waals surface area contributed by atoms with Gasteiger partial charge in [0.15, 0.2) is 11.5 Å². The summed E-state index contributed by atoms with van der Waals surface area (Å²) in [5, 5.41) is 2.67. The summed E-state index contributed by atoms with van der Waals surface area (Å²) in [5.74, 6) is 0.238. The highest BCUT2D eigenvalue weighted by Crippen LogP contribution is 2.29. The zero-order valence-electron chi connectivity index (χ0n) is 15.1. The van der Waals surface area contributed by atoms with Crippen molar-refractivity contribution in [2.75, 3.05) is 19.5 Å². The van der Waals surface area contributed by atoms with Gasteiger partial charge in [-0.25, -0.2) is 8.42 Å². The molecule has 0 saturated heterocycles. The van der Waals surface area contributed by atoms with Gasteiger partial charge in [0.1, 0.15) is 0 Å². The molecule has 0 heterocycles. The number of sulfonamides is 1. The number of ether oxygens (including phenoxy) is 2. The van der Waals surface area contributed by atoms with Crippen molar-refractivity contribution in [3.63, 3.8) is 0 Å². The van der Waals surface area contributed by atoms with E-state index in [0.29, 0.717) is 11.4 Å². The van der Waals surface area contributed by atoms with Crippen LogP contribution in [0.3, 0.4) is 0 Å². The maximum Gasteiger partial charge on any atom is 0.242 e. The van der Waals surface area contributed by atoms with Gasteiger partial charge < -0.3 is 14.8 Å². The fourth-order valence-electron chi connectivity index (χ4n) is 2.23. The Morgan fingerprint density at radius 2 is 1.62 bits per heavy atom. The predicted molar refractivity (Wildman–Crippen MR) is 99.1 cm³/mol. The van der Waals surface area contributed by atoms with Crippen molar-refractivity contribution < 1.29 is 22.7 Å². The molecule has 1 amide bonds. The van der Waals surface area contributed by atoms with Crippen LogP contribution >= 0.6 is 0 Å². The number of hydrogen-bond acceptors (Lipinski definition) is 5. The van der Waals surface area contributed by atoms with Gasteiger partial charge in [-0.05, 0) is 38.1 Å². The summed E-state index contributed by atoms with van der Waals surface area (Å²) in [6.45, 7) is 3.41. The van der Waals surface area contributed by atoms with E-state index in [-0.39, 0.29) is 10.6 Å². The number of amides is 1. The lowest BCUT2D eigenvalue weighted by molar-refractivity contribution is -0.117. The topological polar surface area (TPSA) is 93.7 Å². The SMILES string of the molecule is COc1ccc(S(=O)(=O)N[C@H](C)C(=O)Nc2ccc(C)cc2)cc1OC. The van der Waals surface area contributed by atoms with Crippen LogP contribution in [0.25, 0.3) is 0 Å². The summed E-state index contributed by atoms with van der Waals surface area (Å²) in [6, 6.07) is 10.5. The number of benzene rings is 2. The van der Waals surface area contributed by atoms with Crippen molar-refractivity contribution >= 4 is 21.6 Å². The third-order valence-electron chi connectivity index (χ3n) is 3.71. The minimum absolute atomic E-state index is 0.0230. The van der Waals surface area contributed by atoms with Crippen LogP contribution in [0.15, 0.2) is 47.4 Å². The van der Waals surface area contributed by atoms with Gasteiger partial charge in [-0.15, -0.1) is 0 Å². The molecular formula is C18H22N2O5S. The van der Waals surface area contributed by atoms with Gasteiger partial charge in [-0.2, -0.15) is 4.72 Å². The van der Waals surface area contributed by atoms with Crippen LogP contribution in [0, 0.1) is 6.92 Å². The minimum atomic E-state index is -3.91. The van der Waals surface area contributed by atoms with Crippen LogP contribution in [0.1, 0.15) is 12.5 Å². The molecule has 0 spiro atoms. The third-order valence-corrected chi connectivity index (χ3v) is 5.25. The highest BCUT2D eigenvalue weighted by molar-refractivity contribution is 7.89. The van der Waals surface area contributed by atoms with Crippen LogP contribution in [-0.2, 0) is 14.8 Å². The lowest BCUT2D eigenvalue weighted by Crippen LogP contribution is -2.41. The summed E-state index contributed by atoms with van der Waals surface area (Å²) >= 11 is 0. The Morgan fingerprint density at radius 3 is 2.19 bits per heavy atom. The van der Waals surface area contributed by atoms with Crippen molar-refractivity contribution in [1.29, 1.82) is 0 Å². The van der Waals surface area contributed by atoms with Crippen molar-refractivity contribution in [3.05, 3.63) is 48.0 Å². The van der Waals surface area contributed by atoms with Crippen molar-refractivity contribution in [2.24, 2.45) is 0 Å². The van der Waals surface area contributed by atoms with Crippen LogP contribution in [-0.4, -0.2) is 34.6 Å². The first kappa shape index (κ1) is 19.7. The number of anilines is 1. The molecule has 8 heteroatoms. The van der Waals surface area contributed by atoms with E-state index < -0.39 is 22.0 Å². The molecule has 2 N–H and O–H groups in total. The Morgan fingerprint density at radius 1 is 1.00 bits per heavy atom. The molecule has 0 aliphatic carbocycles. The van der Waals surface area contributed by atoms with Crippen molar-refractivity contribution in [2.45, 2.75) is 24.8 Å². The Labute approximate surface area is 153 Å². The number of hydrogen-bond donors (Lipinski definition) is 2. The number of nitrogens with one attached hydrogen (secondary N) is 2. The van der Waals surface area contributed by atoms with E-state index in [4.69, 9.17) is 9.47 Å². The minimum Gasteiger partial charge on any atom is -0.493 e. The third kappa shape index (κ3) is 4.74. The van der Waals surface area contributed by atoms with Gasteiger partial charge in [-0.3, -0.25) is 4.79 Å². The highest BCUT2D eigenvalue weighted by atomic mass is 32.2. The Kier molecular flexibility index (Phi) is 6.23. The molecule has 0 aliphatic rings. The van der Waals surface area contributed by atoms with Gasteiger partial charge in [-0.1, -0.05) is 17.7 Å². The lowest BCUT2D eigenvalue weighted by atomic mass is 10.2. The highest BCUT2D eigenvalue weighted by Gasteiger charge is 2.23. The van der Waals surface area contributed by atoms with E-state index in [0.717, 1.165) is 5.56 Å². The van der Waals surface area contributed by atoms with Crippen LogP contribution in [0.4, 0.5) is 5.69 Å². The number of methoxy groups -OCH3 is 2. The number of carbonyl (C=O) groups excluding carboxylic acids is 1. The maximum atomic E-state index is 12.5. The molecule has 2 rings (SSSR count). The van der Waals surface area contributed by atoms with Crippen molar-refractivity contribution in [3.8, 4) is 11.5 Å². The molecular weight excluding hydrogens is 356 g/mol. The van der Waals surface area contributed by atoms with Crippen LogP contribution < -0.4 is 19.5 Å². The number of carbonyl (C=O) groups is 1. The zero-order chi connectivity index (χ0) is 19.3. The second kappa shape index (κ2) is 8.20. The molecule has 2 aromatic carbocycles. The van der Waals surface area contributed by atoms with Gasteiger partial charge in [0.2, 0.25) is 15.9 Å². The fourth-order valence-corrected chi connectivity index (χ4v) is 3.44. The van der Waals surface area contributed by atoms with Crippen molar-refractivity contribution in [1.82, 2.24) is 4.72 Å². The first-order valence-electron chi connectivity index (χ1n) is 7.88. The molecule has 0 aromatic heterocycles. The second-order valence-corrected chi connectivity index (χ2v) is 7.43.